The Morgan fingerprint density at radius 1 is 1.11 bits per heavy atom. The Morgan fingerprint density at radius 3 is 2.17 bits per heavy atom. The lowest BCUT2D eigenvalue weighted by molar-refractivity contribution is -0.137. The van der Waals surface area contributed by atoms with Gasteiger partial charge in [-0.25, -0.2) is 0 Å². The Kier molecular flexibility index (Phi) is 3.80. The molecule has 0 amide bonds. The van der Waals surface area contributed by atoms with Crippen molar-refractivity contribution >= 4 is 0 Å². The highest BCUT2D eigenvalue weighted by atomic mass is 19.4. The minimum Gasteiger partial charge on any atom is -0.406 e. The second kappa shape index (κ2) is 5.18. The summed E-state index contributed by atoms with van der Waals surface area (Å²) in [5, 5.41) is 1.81. The van der Waals surface area contributed by atoms with Crippen molar-refractivity contribution in [2.45, 2.75) is 25.9 Å². The van der Waals surface area contributed by atoms with E-state index in [1.54, 1.807) is 0 Å². The summed E-state index contributed by atoms with van der Waals surface area (Å²) in [4.78, 5) is 5.54. The molecule has 0 saturated carbocycles. The van der Waals surface area contributed by atoms with Gasteiger partial charge in [-0.1, -0.05) is 6.92 Å². The van der Waals surface area contributed by atoms with Crippen LogP contribution in [-0.4, -0.2) is 18.2 Å². The lowest BCUT2D eigenvalue weighted by atomic mass is 10.0. The van der Waals surface area contributed by atoms with Gasteiger partial charge in [0.05, 0.1) is 5.56 Å². The van der Waals surface area contributed by atoms with E-state index in [0.29, 0.717) is 11.7 Å². The number of hydrogen-bond donors (Lipinski definition) is 0. The molecule has 0 unspecified atom stereocenters. The van der Waals surface area contributed by atoms with E-state index < -0.39 is 11.7 Å². The zero-order valence-electron chi connectivity index (χ0n) is 10.2. The van der Waals surface area contributed by atoms with Gasteiger partial charge in [-0.15, -0.1) is 5.06 Å². The van der Waals surface area contributed by atoms with Crippen molar-refractivity contribution in [3.05, 3.63) is 29.8 Å². The molecule has 1 saturated heterocycles. The van der Waals surface area contributed by atoms with Crippen LogP contribution in [0.1, 0.15) is 25.3 Å². The van der Waals surface area contributed by atoms with E-state index in [2.05, 4.69) is 6.92 Å². The Bertz CT molecular complexity index is 380. The zero-order valence-corrected chi connectivity index (χ0v) is 10.2. The molecule has 0 aliphatic carbocycles. The maximum Gasteiger partial charge on any atom is 0.416 e. The van der Waals surface area contributed by atoms with Gasteiger partial charge in [0.1, 0.15) is 5.75 Å². The first kappa shape index (κ1) is 13.2. The molecule has 0 aromatic heterocycles. The third-order valence-corrected chi connectivity index (χ3v) is 3.16. The number of piperidine rings is 1. The SMILES string of the molecule is CC1CCN(Oc2ccc(C(F)(F)F)cc2)CC1. The summed E-state index contributed by atoms with van der Waals surface area (Å²) < 4.78 is 37.1. The van der Waals surface area contributed by atoms with Crippen molar-refractivity contribution in [1.29, 1.82) is 0 Å². The van der Waals surface area contributed by atoms with Crippen LogP contribution in [-0.2, 0) is 6.18 Å². The van der Waals surface area contributed by atoms with E-state index in [1.807, 2.05) is 5.06 Å². The minimum atomic E-state index is -4.29. The molecule has 1 aliphatic heterocycles. The lowest BCUT2D eigenvalue weighted by Crippen LogP contribution is -2.35. The molecule has 0 radical (unpaired) electrons. The van der Waals surface area contributed by atoms with E-state index in [4.69, 9.17) is 4.84 Å². The van der Waals surface area contributed by atoms with Crippen molar-refractivity contribution in [3.8, 4) is 5.75 Å². The Hall–Kier alpha value is -1.23. The highest BCUT2D eigenvalue weighted by Crippen LogP contribution is 2.30. The van der Waals surface area contributed by atoms with Crippen LogP contribution in [0.25, 0.3) is 0 Å². The smallest absolute Gasteiger partial charge is 0.406 e. The van der Waals surface area contributed by atoms with Crippen molar-refractivity contribution in [3.63, 3.8) is 0 Å². The first-order valence-electron chi connectivity index (χ1n) is 6.05. The molecule has 0 spiro atoms. The molecule has 2 nitrogen and oxygen atoms in total. The fraction of sp³-hybridized carbons (Fsp3) is 0.538. The molecule has 1 fully saturated rings. The molecule has 1 heterocycles. The quantitative estimate of drug-likeness (QED) is 0.802. The fourth-order valence-electron chi connectivity index (χ4n) is 1.93. The van der Waals surface area contributed by atoms with E-state index in [1.165, 1.54) is 12.1 Å². The number of nitrogens with zero attached hydrogens (tertiary/aromatic N) is 1. The average molecular weight is 259 g/mol. The summed E-state index contributed by atoms with van der Waals surface area (Å²) in [6.07, 6.45) is -2.18. The first-order valence-corrected chi connectivity index (χ1v) is 6.05. The highest BCUT2D eigenvalue weighted by molar-refractivity contribution is 5.28. The minimum absolute atomic E-state index is 0.456. The van der Waals surface area contributed by atoms with Crippen LogP contribution in [0.4, 0.5) is 13.2 Å². The molecular formula is C13H16F3NO. The summed E-state index contributed by atoms with van der Waals surface area (Å²) in [7, 11) is 0. The number of alkyl halides is 3. The van der Waals surface area contributed by atoms with Crippen LogP contribution in [0.15, 0.2) is 24.3 Å². The third kappa shape index (κ3) is 3.38. The van der Waals surface area contributed by atoms with Gasteiger partial charge < -0.3 is 4.84 Å². The summed E-state index contributed by atoms with van der Waals surface area (Å²) in [6.45, 7) is 3.83. The molecule has 0 atom stereocenters. The monoisotopic (exact) mass is 259 g/mol. The Balaban J connectivity index is 1.94. The van der Waals surface area contributed by atoms with Crippen LogP contribution < -0.4 is 4.84 Å². The van der Waals surface area contributed by atoms with Gasteiger partial charge in [0.15, 0.2) is 0 Å². The van der Waals surface area contributed by atoms with Gasteiger partial charge in [-0.05, 0) is 43.0 Å². The Labute approximate surface area is 104 Å². The fourth-order valence-corrected chi connectivity index (χ4v) is 1.93. The van der Waals surface area contributed by atoms with Gasteiger partial charge in [0, 0.05) is 13.1 Å². The van der Waals surface area contributed by atoms with Gasteiger partial charge in [-0.3, -0.25) is 0 Å². The zero-order chi connectivity index (χ0) is 13.2. The van der Waals surface area contributed by atoms with Crippen LogP contribution in [0.2, 0.25) is 0 Å². The van der Waals surface area contributed by atoms with Crippen molar-refractivity contribution in [1.82, 2.24) is 5.06 Å². The van der Waals surface area contributed by atoms with Crippen LogP contribution >= 0.6 is 0 Å². The molecule has 5 heteroatoms. The van der Waals surface area contributed by atoms with Crippen molar-refractivity contribution in [2.75, 3.05) is 13.1 Å². The molecule has 100 valence electrons. The first-order chi connectivity index (χ1) is 8.45. The normalized spacial score (nSPS) is 18.9. The van der Waals surface area contributed by atoms with Crippen molar-refractivity contribution < 1.29 is 18.0 Å². The average Bonchev–Trinajstić information content (AvgIpc) is 2.32. The molecule has 1 aromatic rings. The van der Waals surface area contributed by atoms with E-state index in [-0.39, 0.29) is 0 Å². The second-order valence-corrected chi connectivity index (χ2v) is 4.72. The van der Waals surface area contributed by atoms with Crippen molar-refractivity contribution in [2.24, 2.45) is 5.92 Å². The molecule has 1 aromatic carbocycles. The van der Waals surface area contributed by atoms with Crippen LogP contribution in [0.5, 0.6) is 5.75 Å². The third-order valence-electron chi connectivity index (χ3n) is 3.16. The lowest BCUT2D eigenvalue weighted by Gasteiger charge is -2.29. The highest BCUT2D eigenvalue weighted by Gasteiger charge is 2.30. The van der Waals surface area contributed by atoms with Crippen LogP contribution in [0, 0.1) is 5.92 Å². The van der Waals surface area contributed by atoms with Crippen LogP contribution in [0.3, 0.4) is 0 Å². The van der Waals surface area contributed by atoms with Gasteiger partial charge in [0.2, 0.25) is 0 Å². The van der Waals surface area contributed by atoms with Gasteiger partial charge >= 0.3 is 6.18 Å². The number of halogens is 3. The van der Waals surface area contributed by atoms with Gasteiger partial charge in [-0.2, -0.15) is 13.2 Å². The largest absolute Gasteiger partial charge is 0.416 e. The summed E-state index contributed by atoms with van der Waals surface area (Å²) in [5.74, 6) is 1.15. The summed E-state index contributed by atoms with van der Waals surface area (Å²) in [6, 6.07) is 4.81. The topological polar surface area (TPSA) is 12.5 Å². The molecule has 0 bridgehead atoms. The molecular weight excluding hydrogens is 243 g/mol. The number of hydrogen-bond acceptors (Lipinski definition) is 2. The van der Waals surface area contributed by atoms with E-state index >= 15 is 0 Å². The predicted molar refractivity (Wildman–Crippen MR) is 62.0 cm³/mol. The number of benzene rings is 1. The molecule has 18 heavy (non-hydrogen) atoms. The maximum absolute atomic E-state index is 12.4. The maximum atomic E-state index is 12.4. The standard InChI is InChI=1S/C13H16F3NO/c1-10-6-8-17(9-7-10)18-12-4-2-11(3-5-12)13(14,15)16/h2-5,10H,6-9H2,1H3. The summed E-state index contributed by atoms with van der Waals surface area (Å²) in [5.41, 5.74) is -0.651. The molecule has 0 N–H and O–H groups in total. The predicted octanol–water partition coefficient (Wildman–Crippen LogP) is 3.73. The van der Waals surface area contributed by atoms with Gasteiger partial charge in [0.25, 0.3) is 0 Å². The second-order valence-electron chi connectivity index (χ2n) is 4.72. The number of rotatable bonds is 2. The molecule has 1 aliphatic rings. The Morgan fingerprint density at radius 2 is 1.67 bits per heavy atom. The van der Waals surface area contributed by atoms with E-state index in [9.17, 15) is 13.2 Å². The summed E-state index contributed by atoms with van der Waals surface area (Å²) >= 11 is 0. The molecule has 2 rings (SSSR count). The number of hydroxylamine groups is 2. The van der Waals surface area contributed by atoms with E-state index in [0.717, 1.165) is 38.1 Å².